The smallest absolute Gasteiger partial charge is 0.231 e. The Hall–Kier alpha value is -2.19. The van der Waals surface area contributed by atoms with Crippen LogP contribution in [0.2, 0.25) is 0 Å². The summed E-state index contributed by atoms with van der Waals surface area (Å²) in [7, 11) is 0. The van der Waals surface area contributed by atoms with Gasteiger partial charge >= 0.3 is 0 Å². The second-order valence-electron chi connectivity index (χ2n) is 7.82. The van der Waals surface area contributed by atoms with Gasteiger partial charge < -0.3 is 19.0 Å². The number of nitrogens with zero attached hydrogens (tertiary/aromatic N) is 3. The van der Waals surface area contributed by atoms with Crippen LogP contribution < -0.4 is 5.32 Å². The normalized spacial score (nSPS) is 24.4. The maximum absolute atomic E-state index is 12.8. The van der Waals surface area contributed by atoms with Gasteiger partial charge in [0.2, 0.25) is 11.8 Å². The third-order valence-corrected chi connectivity index (χ3v) is 5.65. The Morgan fingerprint density at radius 2 is 2.07 bits per heavy atom. The molecule has 0 radical (unpaired) electrons. The molecule has 0 spiro atoms. The lowest BCUT2D eigenvalue weighted by molar-refractivity contribution is -0.129. The van der Waals surface area contributed by atoms with Crippen molar-refractivity contribution >= 4 is 5.91 Å². The molecule has 2 saturated heterocycles. The fourth-order valence-electron chi connectivity index (χ4n) is 4.12. The fourth-order valence-corrected chi connectivity index (χ4v) is 4.12. The quantitative estimate of drug-likeness (QED) is 0.839. The van der Waals surface area contributed by atoms with Crippen LogP contribution in [0.15, 0.2) is 21.1 Å². The topological polar surface area (TPSA) is 93.6 Å². The van der Waals surface area contributed by atoms with Crippen LogP contribution in [0.5, 0.6) is 0 Å². The fraction of sp³-hybridized carbons (Fsp3) is 0.650. The van der Waals surface area contributed by atoms with E-state index in [4.69, 9.17) is 13.7 Å². The average molecular weight is 388 g/mol. The summed E-state index contributed by atoms with van der Waals surface area (Å²) < 4.78 is 16.6. The number of nitrogens with one attached hydrogen (secondary N) is 1. The van der Waals surface area contributed by atoms with Crippen molar-refractivity contribution in [3.63, 3.8) is 0 Å². The molecule has 1 N–H and O–H groups in total. The number of carbonyl (C=O) groups excluding carboxylic acids is 1. The summed E-state index contributed by atoms with van der Waals surface area (Å²) in [5.41, 5.74) is 0. The van der Waals surface area contributed by atoms with Crippen LogP contribution in [0.25, 0.3) is 0 Å². The molecule has 8 heteroatoms. The van der Waals surface area contributed by atoms with Crippen LogP contribution in [0, 0.1) is 19.8 Å². The molecule has 2 aromatic rings. The summed E-state index contributed by atoms with van der Waals surface area (Å²) in [5.74, 6) is 3.24. The largest absolute Gasteiger partial charge is 0.465 e. The lowest BCUT2D eigenvalue weighted by atomic mass is 9.90. The van der Waals surface area contributed by atoms with Crippen molar-refractivity contribution in [2.75, 3.05) is 26.3 Å². The molecule has 2 atom stereocenters. The van der Waals surface area contributed by atoms with Crippen molar-refractivity contribution in [1.29, 1.82) is 0 Å². The molecule has 152 valence electrons. The zero-order valence-electron chi connectivity index (χ0n) is 16.5. The molecular weight excluding hydrogens is 360 g/mol. The minimum Gasteiger partial charge on any atom is -0.465 e. The molecule has 4 heterocycles. The monoisotopic (exact) mass is 388 g/mol. The highest BCUT2D eigenvalue weighted by atomic mass is 16.5. The minimum absolute atomic E-state index is 0.0157. The molecule has 0 unspecified atom stereocenters. The first-order valence-corrected chi connectivity index (χ1v) is 10.0. The molecule has 0 aromatic carbocycles. The predicted octanol–water partition coefficient (Wildman–Crippen LogP) is 2.18. The van der Waals surface area contributed by atoms with Crippen molar-refractivity contribution in [2.45, 2.75) is 51.6 Å². The van der Waals surface area contributed by atoms with E-state index in [1.54, 1.807) is 0 Å². The zero-order chi connectivity index (χ0) is 19.5. The van der Waals surface area contributed by atoms with E-state index in [2.05, 4.69) is 20.4 Å². The van der Waals surface area contributed by atoms with E-state index in [0.717, 1.165) is 50.4 Å². The number of rotatable bonds is 5. The van der Waals surface area contributed by atoms with Gasteiger partial charge in [-0.15, -0.1) is 0 Å². The molecule has 2 aliphatic rings. The van der Waals surface area contributed by atoms with Crippen LogP contribution >= 0.6 is 0 Å². The van der Waals surface area contributed by atoms with Gasteiger partial charge in [0.1, 0.15) is 11.5 Å². The van der Waals surface area contributed by atoms with E-state index in [1.807, 2.05) is 26.0 Å². The van der Waals surface area contributed by atoms with Crippen molar-refractivity contribution in [1.82, 2.24) is 20.4 Å². The van der Waals surface area contributed by atoms with Gasteiger partial charge in [-0.3, -0.25) is 9.69 Å². The highest BCUT2D eigenvalue weighted by molar-refractivity contribution is 5.79. The summed E-state index contributed by atoms with van der Waals surface area (Å²) >= 11 is 0. The van der Waals surface area contributed by atoms with E-state index < -0.39 is 0 Å². The number of likely N-dealkylation sites (tertiary alicyclic amines) is 1. The van der Waals surface area contributed by atoms with E-state index in [-0.39, 0.29) is 23.8 Å². The summed E-state index contributed by atoms with van der Waals surface area (Å²) in [6.45, 7) is 7.41. The van der Waals surface area contributed by atoms with Gasteiger partial charge in [-0.2, -0.15) is 4.98 Å². The number of furan rings is 1. The molecule has 0 bridgehead atoms. The van der Waals surface area contributed by atoms with Gasteiger partial charge in [-0.25, -0.2) is 0 Å². The SMILES string of the molecule is Cc1noc([C@H]2CCN(Cc3ccc(C)o3)C[C@H]2NC(=O)C2CCOCC2)n1. The number of piperidine rings is 1. The van der Waals surface area contributed by atoms with Crippen LogP contribution in [-0.4, -0.2) is 53.3 Å². The van der Waals surface area contributed by atoms with Crippen molar-refractivity contribution in [3.8, 4) is 0 Å². The van der Waals surface area contributed by atoms with Crippen LogP contribution in [0.3, 0.4) is 0 Å². The van der Waals surface area contributed by atoms with E-state index in [0.29, 0.717) is 24.9 Å². The highest BCUT2D eigenvalue weighted by Crippen LogP contribution is 2.29. The number of hydrogen-bond acceptors (Lipinski definition) is 7. The van der Waals surface area contributed by atoms with Crippen molar-refractivity contribution in [2.24, 2.45) is 5.92 Å². The van der Waals surface area contributed by atoms with Gasteiger partial charge in [-0.05, 0) is 51.8 Å². The maximum atomic E-state index is 12.8. The van der Waals surface area contributed by atoms with Crippen LogP contribution in [0.1, 0.15) is 48.4 Å². The third kappa shape index (κ3) is 4.44. The Bertz CT molecular complexity index is 796. The van der Waals surface area contributed by atoms with Gasteiger partial charge in [0, 0.05) is 25.7 Å². The molecule has 2 fully saturated rings. The Morgan fingerprint density at radius 1 is 1.25 bits per heavy atom. The van der Waals surface area contributed by atoms with Gasteiger partial charge in [0.25, 0.3) is 0 Å². The Kier molecular flexibility index (Phi) is 5.77. The summed E-state index contributed by atoms with van der Waals surface area (Å²) in [4.78, 5) is 19.6. The lowest BCUT2D eigenvalue weighted by Crippen LogP contribution is -2.53. The first kappa shape index (κ1) is 19.1. The molecule has 2 aliphatic heterocycles. The van der Waals surface area contributed by atoms with E-state index in [1.165, 1.54) is 0 Å². The summed E-state index contributed by atoms with van der Waals surface area (Å²) in [6, 6.07) is 3.92. The Labute approximate surface area is 164 Å². The Balaban J connectivity index is 1.46. The van der Waals surface area contributed by atoms with Crippen LogP contribution in [0.4, 0.5) is 0 Å². The molecular formula is C20H28N4O4. The van der Waals surface area contributed by atoms with Gasteiger partial charge in [0.05, 0.1) is 18.5 Å². The molecule has 0 saturated carbocycles. The Morgan fingerprint density at radius 3 is 2.75 bits per heavy atom. The maximum Gasteiger partial charge on any atom is 0.231 e. The molecule has 4 rings (SSSR count). The number of aromatic nitrogens is 2. The zero-order valence-corrected chi connectivity index (χ0v) is 16.5. The van der Waals surface area contributed by atoms with Gasteiger partial charge in [-0.1, -0.05) is 5.16 Å². The predicted molar refractivity (Wildman–Crippen MR) is 101 cm³/mol. The van der Waals surface area contributed by atoms with E-state index in [9.17, 15) is 4.79 Å². The second-order valence-corrected chi connectivity index (χ2v) is 7.82. The second kappa shape index (κ2) is 8.45. The average Bonchev–Trinajstić information content (AvgIpc) is 3.31. The molecule has 0 aliphatic carbocycles. The highest BCUT2D eigenvalue weighted by Gasteiger charge is 2.36. The number of carbonyl (C=O) groups is 1. The minimum atomic E-state index is -0.0694. The number of hydrogen-bond donors (Lipinski definition) is 1. The molecule has 2 aromatic heterocycles. The summed E-state index contributed by atoms with van der Waals surface area (Å²) in [5, 5.41) is 7.21. The third-order valence-electron chi connectivity index (χ3n) is 5.65. The van der Waals surface area contributed by atoms with Gasteiger partial charge in [0.15, 0.2) is 5.82 Å². The number of aryl methyl sites for hydroxylation is 2. The van der Waals surface area contributed by atoms with Crippen molar-refractivity contribution in [3.05, 3.63) is 35.4 Å². The molecule has 1 amide bonds. The standard InChI is InChI=1S/C20H28N4O4/c1-13-3-4-16(27-13)11-24-8-5-17(20-21-14(2)23-28-20)18(12-24)22-19(25)15-6-9-26-10-7-15/h3-4,15,17-18H,5-12H2,1-2H3,(H,22,25)/t17-,18+/m0/s1. The molecule has 8 nitrogen and oxygen atoms in total. The molecule has 28 heavy (non-hydrogen) atoms. The number of amides is 1. The van der Waals surface area contributed by atoms with E-state index >= 15 is 0 Å². The van der Waals surface area contributed by atoms with Crippen LogP contribution in [-0.2, 0) is 16.1 Å². The van der Waals surface area contributed by atoms with Crippen molar-refractivity contribution < 1.29 is 18.5 Å². The lowest BCUT2D eigenvalue weighted by Gasteiger charge is -2.37. The summed E-state index contributed by atoms with van der Waals surface area (Å²) in [6.07, 6.45) is 2.40. The first-order valence-electron chi connectivity index (χ1n) is 10.0. The number of ether oxygens (including phenoxy) is 1. The first-order chi connectivity index (χ1) is 13.6.